The van der Waals surface area contributed by atoms with Crippen LogP contribution in [0.3, 0.4) is 0 Å². The fraction of sp³-hybridized carbons (Fsp3) is 0.300. The first-order valence-corrected chi connectivity index (χ1v) is 12.2. The van der Waals surface area contributed by atoms with Gasteiger partial charge in [-0.15, -0.1) is 0 Å². The smallest absolute Gasteiger partial charge is 0.222 e. The van der Waals surface area contributed by atoms with E-state index in [-0.39, 0.29) is 0 Å². The van der Waals surface area contributed by atoms with E-state index in [4.69, 9.17) is 9.84 Å². The van der Waals surface area contributed by atoms with Crippen LogP contribution in [0.1, 0.15) is 36.6 Å². The standard InChI is InChI=1S/C30H35N3O2/c1-22(2)19-33(21-28(34)24-11-7-5-8-12-24)20-27-29(25-13-9-6-10-14-25)31-32(4)30(27)35-26-17-15-23(3)16-18-26/h5-18,22,28,34H,19-21H2,1-4H3. The average Bonchev–Trinajstić information content (AvgIpc) is 3.16. The topological polar surface area (TPSA) is 50.5 Å². The van der Waals surface area contributed by atoms with E-state index < -0.39 is 6.10 Å². The molecule has 1 aromatic heterocycles. The van der Waals surface area contributed by atoms with Crippen molar-refractivity contribution in [2.24, 2.45) is 13.0 Å². The van der Waals surface area contributed by atoms with Gasteiger partial charge < -0.3 is 9.84 Å². The molecule has 0 saturated heterocycles. The van der Waals surface area contributed by atoms with Crippen LogP contribution >= 0.6 is 0 Å². The van der Waals surface area contributed by atoms with Crippen LogP contribution in [-0.4, -0.2) is 32.9 Å². The van der Waals surface area contributed by atoms with Gasteiger partial charge >= 0.3 is 0 Å². The molecular formula is C30H35N3O2. The molecule has 0 radical (unpaired) electrons. The third-order valence-electron chi connectivity index (χ3n) is 5.99. The molecule has 0 aliphatic heterocycles. The minimum atomic E-state index is -0.576. The average molecular weight is 470 g/mol. The number of aliphatic hydroxyl groups excluding tert-OH is 1. The van der Waals surface area contributed by atoms with Crippen molar-refractivity contribution in [1.29, 1.82) is 0 Å². The molecule has 0 bridgehead atoms. The molecule has 1 atom stereocenters. The third kappa shape index (κ3) is 6.38. The van der Waals surface area contributed by atoms with Gasteiger partial charge in [-0.1, -0.05) is 92.2 Å². The van der Waals surface area contributed by atoms with Crippen molar-refractivity contribution in [3.63, 3.8) is 0 Å². The summed E-state index contributed by atoms with van der Waals surface area (Å²) in [5.74, 6) is 1.94. The molecule has 4 aromatic rings. The van der Waals surface area contributed by atoms with E-state index in [1.54, 1.807) is 0 Å². The fourth-order valence-electron chi connectivity index (χ4n) is 4.34. The van der Waals surface area contributed by atoms with Gasteiger partial charge in [0.1, 0.15) is 11.4 Å². The van der Waals surface area contributed by atoms with Crippen LogP contribution in [0.15, 0.2) is 84.9 Å². The Hall–Kier alpha value is -3.41. The summed E-state index contributed by atoms with van der Waals surface area (Å²) in [6.07, 6.45) is -0.576. The normalized spacial score (nSPS) is 12.3. The number of rotatable bonds is 10. The number of ether oxygens (including phenoxy) is 1. The number of benzene rings is 3. The number of nitrogens with zero attached hydrogens (tertiary/aromatic N) is 3. The third-order valence-corrected chi connectivity index (χ3v) is 5.99. The molecule has 0 aliphatic rings. The first-order valence-electron chi connectivity index (χ1n) is 12.2. The predicted molar refractivity (Wildman–Crippen MR) is 141 cm³/mol. The van der Waals surface area contributed by atoms with E-state index in [0.29, 0.717) is 19.0 Å². The summed E-state index contributed by atoms with van der Waals surface area (Å²) >= 11 is 0. The Kier molecular flexibility index (Phi) is 8.01. The first kappa shape index (κ1) is 24.7. The van der Waals surface area contributed by atoms with Crippen molar-refractivity contribution in [3.05, 3.63) is 102 Å². The summed E-state index contributed by atoms with van der Waals surface area (Å²) in [7, 11) is 1.92. The summed E-state index contributed by atoms with van der Waals surface area (Å²) < 4.78 is 8.22. The molecule has 5 nitrogen and oxygen atoms in total. The zero-order valence-electron chi connectivity index (χ0n) is 21.1. The van der Waals surface area contributed by atoms with Crippen LogP contribution in [0.2, 0.25) is 0 Å². The van der Waals surface area contributed by atoms with Gasteiger partial charge in [0.2, 0.25) is 5.88 Å². The van der Waals surface area contributed by atoms with Crippen molar-refractivity contribution in [2.75, 3.05) is 13.1 Å². The molecule has 1 unspecified atom stereocenters. The number of hydrogen-bond acceptors (Lipinski definition) is 4. The predicted octanol–water partition coefficient (Wildman–Crippen LogP) is 6.38. The van der Waals surface area contributed by atoms with E-state index in [0.717, 1.165) is 40.6 Å². The second kappa shape index (κ2) is 11.3. The van der Waals surface area contributed by atoms with Gasteiger partial charge in [0.25, 0.3) is 0 Å². The van der Waals surface area contributed by atoms with E-state index >= 15 is 0 Å². The molecule has 1 N–H and O–H groups in total. The summed E-state index contributed by atoms with van der Waals surface area (Å²) in [5.41, 5.74) is 5.07. The SMILES string of the molecule is Cc1ccc(Oc2c(CN(CC(C)C)CC(O)c3ccccc3)c(-c3ccccc3)nn2C)cc1. The van der Waals surface area contributed by atoms with Crippen LogP contribution < -0.4 is 4.74 Å². The fourth-order valence-corrected chi connectivity index (χ4v) is 4.34. The second-order valence-electron chi connectivity index (χ2n) is 9.55. The molecule has 35 heavy (non-hydrogen) atoms. The highest BCUT2D eigenvalue weighted by atomic mass is 16.5. The molecule has 0 amide bonds. The van der Waals surface area contributed by atoms with Gasteiger partial charge in [-0.05, 0) is 30.5 Å². The second-order valence-corrected chi connectivity index (χ2v) is 9.55. The quantitative estimate of drug-likeness (QED) is 0.293. The summed E-state index contributed by atoms with van der Waals surface area (Å²) in [4.78, 5) is 2.30. The lowest BCUT2D eigenvalue weighted by atomic mass is 10.1. The van der Waals surface area contributed by atoms with Crippen molar-refractivity contribution >= 4 is 0 Å². The van der Waals surface area contributed by atoms with Gasteiger partial charge in [0, 0.05) is 32.2 Å². The molecule has 0 spiro atoms. The summed E-state index contributed by atoms with van der Waals surface area (Å²) in [6.45, 7) is 8.45. The highest BCUT2D eigenvalue weighted by molar-refractivity contribution is 5.65. The first-order chi connectivity index (χ1) is 16.9. The molecule has 0 aliphatic carbocycles. The molecule has 1 heterocycles. The maximum absolute atomic E-state index is 11.0. The van der Waals surface area contributed by atoms with E-state index in [2.05, 4.69) is 37.8 Å². The zero-order chi connectivity index (χ0) is 24.8. The van der Waals surface area contributed by atoms with E-state index in [9.17, 15) is 5.11 Å². The van der Waals surface area contributed by atoms with E-state index in [1.165, 1.54) is 5.56 Å². The van der Waals surface area contributed by atoms with Gasteiger partial charge in [0.05, 0.1) is 11.7 Å². The molecule has 3 aromatic carbocycles. The van der Waals surface area contributed by atoms with Crippen molar-refractivity contribution in [3.8, 4) is 22.9 Å². The van der Waals surface area contributed by atoms with Gasteiger partial charge in [-0.3, -0.25) is 4.90 Å². The Balaban J connectivity index is 1.70. The van der Waals surface area contributed by atoms with Crippen molar-refractivity contribution in [1.82, 2.24) is 14.7 Å². The minimum Gasteiger partial charge on any atom is -0.439 e. The van der Waals surface area contributed by atoms with Crippen LogP contribution in [-0.2, 0) is 13.6 Å². The van der Waals surface area contributed by atoms with Gasteiger partial charge in [-0.25, -0.2) is 4.68 Å². The van der Waals surface area contributed by atoms with Crippen molar-refractivity contribution in [2.45, 2.75) is 33.4 Å². The summed E-state index contributed by atoms with van der Waals surface area (Å²) in [6, 6.07) is 28.1. The zero-order valence-corrected chi connectivity index (χ0v) is 21.1. The highest BCUT2D eigenvalue weighted by Gasteiger charge is 2.24. The number of aromatic nitrogens is 2. The van der Waals surface area contributed by atoms with Gasteiger partial charge in [-0.2, -0.15) is 5.10 Å². The van der Waals surface area contributed by atoms with Gasteiger partial charge in [0.15, 0.2) is 0 Å². The van der Waals surface area contributed by atoms with Crippen LogP contribution in [0.5, 0.6) is 11.6 Å². The molecule has 4 rings (SSSR count). The molecule has 5 heteroatoms. The monoisotopic (exact) mass is 469 g/mol. The number of aryl methyl sites for hydroxylation is 2. The number of aliphatic hydroxyl groups is 1. The maximum Gasteiger partial charge on any atom is 0.222 e. The Bertz CT molecular complexity index is 1200. The minimum absolute atomic E-state index is 0.441. The Morgan fingerprint density at radius 1 is 0.886 bits per heavy atom. The molecule has 0 saturated carbocycles. The lowest BCUT2D eigenvalue weighted by Crippen LogP contribution is -2.32. The Labute approximate surface area is 208 Å². The van der Waals surface area contributed by atoms with E-state index in [1.807, 2.05) is 84.5 Å². The molecule has 0 fully saturated rings. The lowest BCUT2D eigenvalue weighted by Gasteiger charge is -2.27. The maximum atomic E-state index is 11.0. The number of hydrogen-bond donors (Lipinski definition) is 1. The highest BCUT2D eigenvalue weighted by Crippen LogP contribution is 2.34. The summed E-state index contributed by atoms with van der Waals surface area (Å²) in [5, 5.41) is 15.9. The largest absolute Gasteiger partial charge is 0.439 e. The Morgan fingerprint density at radius 2 is 1.51 bits per heavy atom. The van der Waals surface area contributed by atoms with Crippen LogP contribution in [0, 0.1) is 12.8 Å². The van der Waals surface area contributed by atoms with Crippen LogP contribution in [0.25, 0.3) is 11.3 Å². The lowest BCUT2D eigenvalue weighted by molar-refractivity contribution is 0.101. The van der Waals surface area contributed by atoms with Crippen LogP contribution in [0.4, 0.5) is 0 Å². The Morgan fingerprint density at radius 3 is 2.14 bits per heavy atom. The molecular weight excluding hydrogens is 434 g/mol. The van der Waals surface area contributed by atoms with Crippen molar-refractivity contribution < 1.29 is 9.84 Å². The molecule has 182 valence electrons.